The fourth-order valence-corrected chi connectivity index (χ4v) is 3.53. The second-order valence-electron chi connectivity index (χ2n) is 5.05. The maximum atomic E-state index is 11.3. The molecule has 98 valence electrons. The van der Waals surface area contributed by atoms with E-state index in [4.69, 9.17) is 5.73 Å². The summed E-state index contributed by atoms with van der Waals surface area (Å²) in [5.74, 6) is -0.729. The van der Waals surface area contributed by atoms with Gasteiger partial charge < -0.3 is 10.8 Å². The molecule has 6 nitrogen and oxygen atoms in total. The summed E-state index contributed by atoms with van der Waals surface area (Å²) in [4.78, 5) is 13.1. The predicted molar refractivity (Wildman–Crippen MR) is 62.4 cm³/mol. The van der Waals surface area contributed by atoms with E-state index in [9.17, 15) is 18.3 Å². The van der Waals surface area contributed by atoms with Crippen molar-refractivity contribution in [3.63, 3.8) is 0 Å². The molecule has 0 radical (unpaired) electrons. The summed E-state index contributed by atoms with van der Waals surface area (Å²) in [6.45, 7) is 1.03. The third-order valence-electron chi connectivity index (χ3n) is 3.63. The summed E-state index contributed by atoms with van der Waals surface area (Å²) in [5.41, 5.74) is 4.75. The van der Waals surface area contributed by atoms with Gasteiger partial charge in [-0.15, -0.1) is 0 Å². The van der Waals surface area contributed by atoms with Gasteiger partial charge in [0.15, 0.2) is 9.84 Å². The average molecular weight is 262 g/mol. The average Bonchev–Trinajstić information content (AvgIpc) is 3.04. The van der Waals surface area contributed by atoms with E-state index in [0.717, 1.165) is 12.8 Å². The topological polar surface area (TPSA) is 101 Å². The highest BCUT2D eigenvalue weighted by Gasteiger charge is 2.49. The number of hydrogen-bond acceptors (Lipinski definition) is 5. The van der Waals surface area contributed by atoms with Gasteiger partial charge in [0.1, 0.15) is 5.54 Å². The Morgan fingerprint density at radius 2 is 1.88 bits per heavy atom. The summed E-state index contributed by atoms with van der Waals surface area (Å²) in [6, 6.07) is 0. The molecule has 2 fully saturated rings. The number of hydrogen-bond donors (Lipinski definition) is 2. The Labute approximate surface area is 101 Å². The molecule has 0 aromatic heterocycles. The Balaban J connectivity index is 1.98. The van der Waals surface area contributed by atoms with Crippen LogP contribution in [0.15, 0.2) is 0 Å². The van der Waals surface area contributed by atoms with Crippen LogP contribution in [0.5, 0.6) is 0 Å². The number of carboxylic acid groups (broad SMARTS) is 1. The van der Waals surface area contributed by atoms with Crippen molar-refractivity contribution in [2.24, 2.45) is 11.7 Å². The smallest absolute Gasteiger partial charge is 0.325 e. The number of rotatable bonds is 4. The lowest BCUT2D eigenvalue weighted by Gasteiger charge is -2.34. The molecule has 3 N–H and O–H groups in total. The summed E-state index contributed by atoms with van der Waals surface area (Å²) in [5, 5.41) is 9.21. The van der Waals surface area contributed by atoms with Gasteiger partial charge in [0.25, 0.3) is 0 Å². The molecule has 0 bridgehead atoms. The zero-order chi connectivity index (χ0) is 12.7. The highest BCUT2D eigenvalue weighted by atomic mass is 32.2. The van der Waals surface area contributed by atoms with Crippen LogP contribution < -0.4 is 5.73 Å². The number of carbonyl (C=O) groups is 1. The van der Waals surface area contributed by atoms with Crippen LogP contribution in [-0.2, 0) is 14.6 Å². The lowest BCUT2D eigenvalue weighted by atomic mass is 9.94. The third kappa shape index (κ3) is 2.78. The van der Waals surface area contributed by atoms with E-state index in [2.05, 4.69) is 0 Å². The van der Waals surface area contributed by atoms with Crippen molar-refractivity contribution in [2.45, 2.75) is 18.4 Å². The first-order valence-electron chi connectivity index (χ1n) is 5.78. The molecule has 1 heterocycles. The van der Waals surface area contributed by atoms with Gasteiger partial charge in [-0.1, -0.05) is 0 Å². The zero-order valence-corrected chi connectivity index (χ0v) is 10.4. The lowest BCUT2D eigenvalue weighted by molar-refractivity contribution is -0.145. The number of carboxylic acids is 1. The van der Waals surface area contributed by atoms with Crippen molar-refractivity contribution in [3.8, 4) is 0 Å². The van der Waals surface area contributed by atoms with Crippen LogP contribution in [0.1, 0.15) is 12.8 Å². The van der Waals surface area contributed by atoms with E-state index in [0.29, 0.717) is 13.1 Å². The Morgan fingerprint density at radius 3 is 2.29 bits per heavy atom. The van der Waals surface area contributed by atoms with Crippen LogP contribution >= 0.6 is 0 Å². The highest BCUT2D eigenvalue weighted by Crippen LogP contribution is 2.39. The molecular weight excluding hydrogens is 244 g/mol. The van der Waals surface area contributed by atoms with E-state index in [1.807, 2.05) is 4.90 Å². The minimum Gasteiger partial charge on any atom is -0.480 e. The minimum atomic E-state index is -2.93. The van der Waals surface area contributed by atoms with E-state index in [1.54, 1.807) is 0 Å². The van der Waals surface area contributed by atoms with Crippen molar-refractivity contribution >= 4 is 15.8 Å². The Hall–Kier alpha value is -0.660. The fraction of sp³-hybridized carbons (Fsp3) is 0.900. The van der Waals surface area contributed by atoms with Crippen molar-refractivity contribution in [3.05, 3.63) is 0 Å². The van der Waals surface area contributed by atoms with E-state index >= 15 is 0 Å². The maximum absolute atomic E-state index is 11.3. The molecule has 2 aliphatic rings. The fourth-order valence-electron chi connectivity index (χ4n) is 2.25. The third-order valence-corrected chi connectivity index (χ3v) is 5.24. The van der Waals surface area contributed by atoms with E-state index < -0.39 is 21.3 Å². The van der Waals surface area contributed by atoms with Crippen LogP contribution in [-0.4, -0.2) is 61.1 Å². The number of nitrogens with two attached hydrogens (primary N) is 1. The monoisotopic (exact) mass is 262 g/mol. The van der Waals surface area contributed by atoms with Crippen LogP contribution in [0.4, 0.5) is 0 Å². The van der Waals surface area contributed by atoms with Gasteiger partial charge in [-0.3, -0.25) is 9.69 Å². The van der Waals surface area contributed by atoms with Crippen molar-refractivity contribution in [1.29, 1.82) is 0 Å². The minimum absolute atomic E-state index is 0.0403. The molecule has 1 saturated carbocycles. The standard InChI is InChI=1S/C10H18N2O4S/c11-10(9(13)14,8-1-2-8)7-12-3-5-17(15,16)6-4-12/h8H,1-7,11H2,(H,13,14). The molecule has 1 aliphatic heterocycles. The first-order valence-corrected chi connectivity index (χ1v) is 7.61. The van der Waals surface area contributed by atoms with Crippen LogP contribution in [0, 0.1) is 5.92 Å². The van der Waals surface area contributed by atoms with Gasteiger partial charge in [0, 0.05) is 19.6 Å². The van der Waals surface area contributed by atoms with Gasteiger partial charge in [0.2, 0.25) is 0 Å². The molecule has 0 amide bonds. The first kappa shape index (κ1) is 12.8. The van der Waals surface area contributed by atoms with Gasteiger partial charge in [-0.25, -0.2) is 8.42 Å². The molecule has 7 heteroatoms. The molecule has 1 aliphatic carbocycles. The molecule has 17 heavy (non-hydrogen) atoms. The zero-order valence-electron chi connectivity index (χ0n) is 9.63. The molecule has 0 aromatic rings. The number of aliphatic carboxylic acids is 1. The molecule has 0 aromatic carbocycles. The maximum Gasteiger partial charge on any atom is 0.325 e. The van der Waals surface area contributed by atoms with Crippen LogP contribution in [0.3, 0.4) is 0 Å². The van der Waals surface area contributed by atoms with Crippen molar-refractivity contribution < 1.29 is 18.3 Å². The summed E-state index contributed by atoms with van der Waals surface area (Å²) in [6.07, 6.45) is 1.71. The summed E-state index contributed by atoms with van der Waals surface area (Å²) >= 11 is 0. The van der Waals surface area contributed by atoms with Gasteiger partial charge in [-0.05, 0) is 18.8 Å². The Bertz CT molecular complexity index is 404. The number of sulfone groups is 1. The molecule has 2 rings (SSSR count). The van der Waals surface area contributed by atoms with Crippen LogP contribution in [0.25, 0.3) is 0 Å². The van der Waals surface area contributed by atoms with Crippen molar-refractivity contribution in [1.82, 2.24) is 4.90 Å². The SMILES string of the molecule is NC(CN1CCS(=O)(=O)CC1)(C(=O)O)C1CC1. The molecule has 1 atom stereocenters. The van der Waals surface area contributed by atoms with E-state index in [1.165, 1.54) is 0 Å². The summed E-state index contributed by atoms with van der Waals surface area (Å²) in [7, 11) is -2.93. The van der Waals surface area contributed by atoms with Gasteiger partial charge >= 0.3 is 5.97 Å². The quantitative estimate of drug-likeness (QED) is 0.667. The normalized spacial score (nSPS) is 28.5. The largest absolute Gasteiger partial charge is 0.480 e. The lowest BCUT2D eigenvalue weighted by Crippen LogP contribution is -2.59. The number of nitrogens with zero attached hydrogens (tertiary/aromatic N) is 1. The Morgan fingerprint density at radius 1 is 1.35 bits per heavy atom. The summed E-state index contributed by atoms with van der Waals surface area (Å²) < 4.78 is 22.5. The first-order chi connectivity index (χ1) is 7.83. The second kappa shape index (κ2) is 4.22. The van der Waals surface area contributed by atoms with Gasteiger partial charge in [0.05, 0.1) is 11.5 Å². The highest BCUT2D eigenvalue weighted by molar-refractivity contribution is 7.91. The Kier molecular flexibility index (Phi) is 3.17. The van der Waals surface area contributed by atoms with Crippen LogP contribution in [0.2, 0.25) is 0 Å². The molecule has 1 saturated heterocycles. The molecule has 0 spiro atoms. The molecular formula is C10H18N2O4S. The van der Waals surface area contributed by atoms with E-state index in [-0.39, 0.29) is 24.0 Å². The van der Waals surface area contributed by atoms with Crippen molar-refractivity contribution in [2.75, 3.05) is 31.1 Å². The second-order valence-corrected chi connectivity index (χ2v) is 7.35. The molecule has 1 unspecified atom stereocenters. The predicted octanol–water partition coefficient (Wildman–Crippen LogP) is -1.09. The van der Waals surface area contributed by atoms with Gasteiger partial charge in [-0.2, -0.15) is 0 Å².